The summed E-state index contributed by atoms with van der Waals surface area (Å²) in [6.07, 6.45) is -4.21. The molecule has 0 saturated carbocycles. The van der Waals surface area contributed by atoms with E-state index < -0.39 is 12.8 Å². The maximum atomic E-state index is 11.9. The van der Waals surface area contributed by atoms with Crippen molar-refractivity contribution in [2.24, 2.45) is 0 Å². The van der Waals surface area contributed by atoms with Gasteiger partial charge in [0, 0.05) is 17.9 Å². The molecule has 0 fully saturated rings. The molecule has 1 aromatic rings. The first-order valence-corrected chi connectivity index (χ1v) is 5.83. The summed E-state index contributed by atoms with van der Waals surface area (Å²) >= 11 is 0. The van der Waals surface area contributed by atoms with Crippen LogP contribution in [0.25, 0.3) is 0 Å². The van der Waals surface area contributed by atoms with E-state index in [9.17, 15) is 18.0 Å². The van der Waals surface area contributed by atoms with E-state index in [-0.39, 0.29) is 24.0 Å². The van der Waals surface area contributed by atoms with Gasteiger partial charge in [0.05, 0.1) is 12.3 Å². The Morgan fingerprint density at radius 3 is 2.47 bits per heavy atom. The highest BCUT2D eigenvalue weighted by atomic mass is 19.4. The van der Waals surface area contributed by atoms with Gasteiger partial charge in [-0.2, -0.15) is 13.2 Å². The van der Waals surface area contributed by atoms with Crippen LogP contribution in [0.1, 0.15) is 32.3 Å². The monoisotopic (exact) mass is 278 g/mol. The van der Waals surface area contributed by atoms with Gasteiger partial charge >= 0.3 is 6.18 Å². The van der Waals surface area contributed by atoms with Crippen molar-refractivity contribution in [1.82, 2.24) is 9.97 Å². The third-order valence-electron chi connectivity index (χ3n) is 2.31. The number of aromatic nitrogens is 2. The van der Waals surface area contributed by atoms with Gasteiger partial charge in [-0.25, -0.2) is 4.98 Å². The molecule has 1 heterocycles. The normalized spacial score (nSPS) is 12.7. The van der Waals surface area contributed by atoms with Crippen LogP contribution in [0.2, 0.25) is 0 Å². The van der Waals surface area contributed by atoms with E-state index in [4.69, 9.17) is 0 Å². The highest BCUT2D eigenvalue weighted by molar-refractivity contribution is 5.12. The number of nitrogens with zero attached hydrogens (tertiary/aromatic N) is 1. The van der Waals surface area contributed by atoms with E-state index in [2.05, 4.69) is 14.7 Å². The van der Waals surface area contributed by atoms with E-state index >= 15 is 0 Å². The predicted octanol–water partition coefficient (Wildman–Crippen LogP) is 2.19. The Bertz CT molecular complexity index is 475. The molecule has 0 amide bonds. The number of H-pyrrole nitrogens is 1. The molecule has 0 aliphatic rings. The molecule has 0 bridgehead atoms. The SMILES string of the molecule is CC(C)(C)c1cc(=O)[nH]c(CCOCC(F)(F)F)n1. The molecule has 4 nitrogen and oxygen atoms in total. The second-order valence-corrected chi connectivity index (χ2v) is 5.25. The summed E-state index contributed by atoms with van der Waals surface area (Å²) in [5, 5.41) is 0. The molecule has 0 radical (unpaired) electrons. The maximum absolute atomic E-state index is 11.9. The van der Waals surface area contributed by atoms with Crippen LogP contribution in [-0.4, -0.2) is 29.4 Å². The average molecular weight is 278 g/mol. The molecule has 0 aromatic carbocycles. The lowest BCUT2D eigenvalue weighted by Crippen LogP contribution is -2.22. The lowest BCUT2D eigenvalue weighted by molar-refractivity contribution is -0.173. The molecule has 0 aliphatic carbocycles. The Balaban J connectivity index is 2.65. The molecule has 1 N–H and O–H groups in total. The Hall–Kier alpha value is -1.37. The Labute approximate surface area is 109 Å². The van der Waals surface area contributed by atoms with Crippen LogP contribution >= 0.6 is 0 Å². The van der Waals surface area contributed by atoms with Crippen molar-refractivity contribution < 1.29 is 17.9 Å². The summed E-state index contributed by atoms with van der Waals surface area (Å²) in [5.74, 6) is 0.333. The van der Waals surface area contributed by atoms with Crippen molar-refractivity contribution in [3.8, 4) is 0 Å². The zero-order valence-electron chi connectivity index (χ0n) is 11.1. The van der Waals surface area contributed by atoms with Crippen molar-refractivity contribution in [1.29, 1.82) is 0 Å². The Kier molecular flexibility index (Phi) is 4.73. The molecule has 1 rings (SSSR count). The van der Waals surface area contributed by atoms with E-state index in [0.717, 1.165) is 0 Å². The van der Waals surface area contributed by atoms with Crippen LogP contribution in [0.5, 0.6) is 0 Å². The smallest absolute Gasteiger partial charge is 0.372 e. The number of hydrogen-bond donors (Lipinski definition) is 1. The van der Waals surface area contributed by atoms with Crippen LogP contribution in [-0.2, 0) is 16.6 Å². The number of rotatable bonds is 4. The summed E-state index contributed by atoms with van der Waals surface area (Å²) in [5.41, 5.74) is -0.0108. The third kappa shape index (κ3) is 5.87. The third-order valence-corrected chi connectivity index (χ3v) is 2.31. The summed E-state index contributed by atoms with van der Waals surface area (Å²) in [6, 6.07) is 1.39. The van der Waals surface area contributed by atoms with Crippen molar-refractivity contribution in [3.63, 3.8) is 0 Å². The molecule has 0 spiro atoms. The minimum absolute atomic E-state index is 0.134. The van der Waals surface area contributed by atoms with Gasteiger partial charge < -0.3 is 9.72 Å². The molecule has 0 aliphatic heterocycles. The molecular weight excluding hydrogens is 261 g/mol. The van der Waals surface area contributed by atoms with Crippen LogP contribution in [0.15, 0.2) is 10.9 Å². The van der Waals surface area contributed by atoms with E-state index in [0.29, 0.717) is 11.5 Å². The van der Waals surface area contributed by atoms with Gasteiger partial charge in [0.25, 0.3) is 5.56 Å². The largest absolute Gasteiger partial charge is 0.411 e. The van der Waals surface area contributed by atoms with E-state index in [1.165, 1.54) is 6.07 Å². The predicted molar refractivity (Wildman–Crippen MR) is 64.1 cm³/mol. The van der Waals surface area contributed by atoms with Gasteiger partial charge in [-0.3, -0.25) is 4.79 Å². The molecular formula is C12H17F3N2O2. The lowest BCUT2D eigenvalue weighted by atomic mass is 9.92. The quantitative estimate of drug-likeness (QED) is 0.859. The Morgan fingerprint density at radius 2 is 1.95 bits per heavy atom. The zero-order chi connectivity index (χ0) is 14.7. The van der Waals surface area contributed by atoms with Crippen molar-refractivity contribution in [2.45, 2.75) is 38.8 Å². The first-order valence-electron chi connectivity index (χ1n) is 5.83. The molecule has 19 heavy (non-hydrogen) atoms. The van der Waals surface area contributed by atoms with Crippen LogP contribution < -0.4 is 5.56 Å². The molecule has 0 atom stereocenters. The van der Waals surface area contributed by atoms with Gasteiger partial charge in [0.2, 0.25) is 0 Å². The van der Waals surface area contributed by atoms with Crippen molar-refractivity contribution in [2.75, 3.05) is 13.2 Å². The second kappa shape index (κ2) is 5.73. The number of aromatic amines is 1. The first-order chi connectivity index (χ1) is 8.58. The fourth-order valence-corrected chi connectivity index (χ4v) is 1.37. The van der Waals surface area contributed by atoms with Crippen LogP contribution in [0.4, 0.5) is 13.2 Å². The number of alkyl halides is 3. The van der Waals surface area contributed by atoms with Gasteiger partial charge in [0.1, 0.15) is 12.4 Å². The molecule has 0 saturated heterocycles. The van der Waals surface area contributed by atoms with Crippen molar-refractivity contribution in [3.05, 3.63) is 27.9 Å². The van der Waals surface area contributed by atoms with Gasteiger partial charge in [0.15, 0.2) is 0 Å². The summed E-state index contributed by atoms with van der Waals surface area (Å²) in [6.45, 7) is 4.27. The van der Waals surface area contributed by atoms with Gasteiger partial charge in [-0.05, 0) is 0 Å². The van der Waals surface area contributed by atoms with Crippen LogP contribution in [0, 0.1) is 0 Å². The molecule has 7 heteroatoms. The lowest BCUT2D eigenvalue weighted by Gasteiger charge is -2.17. The fraction of sp³-hybridized carbons (Fsp3) is 0.667. The Morgan fingerprint density at radius 1 is 1.32 bits per heavy atom. The van der Waals surface area contributed by atoms with E-state index in [1.54, 1.807) is 0 Å². The van der Waals surface area contributed by atoms with Crippen LogP contribution in [0.3, 0.4) is 0 Å². The summed E-state index contributed by atoms with van der Waals surface area (Å²) < 4.78 is 40.1. The number of hydrogen-bond acceptors (Lipinski definition) is 3. The first kappa shape index (κ1) is 15.7. The highest BCUT2D eigenvalue weighted by Crippen LogP contribution is 2.18. The summed E-state index contributed by atoms with van der Waals surface area (Å²) in [7, 11) is 0. The zero-order valence-corrected chi connectivity index (χ0v) is 11.1. The number of ether oxygens (including phenoxy) is 1. The van der Waals surface area contributed by atoms with Crippen molar-refractivity contribution >= 4 is 0 Å². The minimum Gasteiger partial charge on any atom is -0.372 e. The molecule has 0 unspecified atom stereocenters. The second-order valence-electron chi connectivity index (χ2n) is 5.25. The number of halogens is 3. The standard InChI is InChI=1S/C12H17F3N2O2/c1-11(2,3)8-6-10(18)17-9(16-8)4-5-19-7-12(13,14)15/h6H,4-5,7H2,1-3H3,(H,16,17,18). The average Bonchev–Trinajstić information content (AvgIpc) is 2.21. The number of nitrogens with one attached hydrogen (secondary N) is 1. The molecule has 1 aromatic heterocycles. The minimum atomic E-state index is -4.34. The summed E-state index contributed by atoms with van der Waals surface area (Å²) in [4.78, 5) is 18.1. The van der Waals surface area contributed by atoms with Gasteiger partial charge in [-0.1, -0.05) is 20.8 Å². The molecule has 108 valence electrons. The topological polar surface area (TPSA) is 55.0 Å². The fourth-order valence-electron chi connectivity index (χ4n) is 1.37. The maximum Gasteiger partial charge on any atom is 0.411 e. The highest BCUT2D eigenvalue weighted by Gasteiger charge is 2.27. The van der Waals surface area contributed by atoms with E-state index in [1.807, 2.05) is 20.8 Å². The van der Waals surface area contributed by atoms with Gasteiger partial charge in [-0.15, -0.1) is 0 Å².